The molecule has 1 fully saturated rings. The van der Waals surface area contributed by atoms with Crippen LogP contribution in [0.15, 0.2) is 15.7 Å². The van der Waals surface area contributed by atoms with Crippen LogP contribution in [0, 0.1) is 5.95 Å². The highest BCUT2D eigenvalue weighted by molar-refractivity contribution is 4.94. The maximum Gasteiger partial charge on any atom is 0.332 e. The lowest BCUT2D eigenvalue weighted by Gasteiger charge is -2.17. The summed E-state index contributed by atoms with van der Waals surface area (Å²) in [6.07, 6.45) is -5.71. The van der Waals surface area contributed by atoms with Crippen LogP contribution in [-0.4, -0.2) is 49.8 Å². The fourth-order valence-corrected chi connectivity index (χ4v) is 1.81. The highest BCUT2D eigenvalue weighted by Crippen LogP contribution is 2.28. The Balaban J connectivity index is 2.45. The van der Waals surface area contributed by atoms with Gasteiger partial charge in [-0.1, -0.05) is 0 Å². The van der Waals surface area contributed by atoms with E-state index in [0.29, 0.717) is 10.6 Å². The Morgan fingerprint density at radius 3 is 2.56 bits per heavy atom. The molecule has 100 valence electrons. The van der Waals surface area contributed by atoms with Gasteiger partial charge in [-0.2, -0.15) is 4.39 Å². The van der Waals surface area contributed by atoms with Crippen LogP contribution in [0.1, 0.15) is 6.23 Å². The van der Waals surface area contributed by atoms with E-state index in [1.54, 1.807) is 4.98 Å². The Labute approximate surface area is 98.9 Å². The molecule has 4 unspecified atom stereocenters. The fraction of sp³-hybridized carbons (Fsp3) is 0.556. The largest absolute Gasteiger partial charge is 0.394 e. The van der Waals surface area contributed by atoms with Crippen molar-refractivity contribution in [2.24, 2.45) is 0 Å². The van der Waals surface area contributed by atoms with Crippen LogP contribution >= 0.6 is 0 Å². The molecule has 0 radical (unpaired) electrons. The number of nitrogens with zero attached hydrogens (tertiary/aromatic N) is 1. The van der Waals surface area contributed by atoms with Gasteiger partial charge in [-0.15, -0.1) is 0 Å². The molecule has 0 saturated carbocycles. The molecule has 2 rings (SSSR count). The van der Waals surface area contributed by atoms with Crippen molar-refractivity contribution < 1.29 is 24.4 Å². The van der Waals surface area contributed by atoms with Gasteiger partial charge in [-0.3, -0.25) is 9.78 Å². The summed E-state index contributed by atoms with van der Waals surface area (Å²) in [7, 11) is 0. The van der Waals surface area contributed by atoms with E-state index in [2.05, 4.69) is 0 Å². The molecule has 0 aliphatic carbocycles. The van der Waals surface area contributed by atoms with E-state index in [1.165, 1.54) is 0 Å². The van der Waals surface area contributed by atoms with Crippen LogP contribution < -0.4 is 11.2 Å². The minimum atomic E-state index is -1.60. The summed E-state index contributed by atoms with van der Waals surface area (Å²) in [5.41, 5.74) is -2.05. The Morgan fingerprint density at radius 2 is 2.06 bits per heavy atom. The van der Waals surface area contributed by atoms with E-state index in [9.17, 15) is 24.2 Å². The van der Waals surface area contributed by atoms with Gasteiger partial charge in [-0.25, -0.2) is 9.36 Å². The standard InChI is InChI=1S/C9H11FN2O6/c10-4-1-5(14)11-9(17)12(4)8-7(16)6(15)3(2-13)18-8/h1,3,6-8,13,15-16H,2H2,(H,11,14,17). The lowest BCUT2D eigenvalue weighted by Crippen LogP contribution is -2.39. The quantitative estimate of drug-likeness (QED) is 0.429. The first kappa shape index (κ1) is 12.9. The van der Waals surface area contributed by atoms with E-state index in [4.69, 9.17) is 9.84 Å². The third-order valence-corrected chi connectivity index (χ3v) is 2.70. The van der Waals surface area contributed by atoms with Crippen molar-refractivity contribution in [3.05, 3.63) is 32.9 Å². The Hall–Kier alpha value is -1.55. The summed E-state index contributed by atoms with van der Waals surface area (Å²) in [6, 6.07) is 0.510. The highest BCUT2D eigenvalue weighted by atomic mass is 19.1. The number of hydrogen-bond acceptors (Lipinski definition) is 6. The summed E-state index contributed by atoms with van der Waals surface area (Å²) in [4.78, 5) is 24.1. The summed E-state index contributed by atoms with van der Waals surface area (Å²) in [6.45, 7) is -0.603. The first-order valence-electron chi connectivity index (χ1n) is 5.09. The Bertz CT molecular complexity index is 555. The number of aliphatic hydroxyl groups is 3. The zero-order chi connectivity index (χ0) is 13.4. The van der Waals surface area contributed by atoms with Gasteiger partial charge >= 0.3 is 5.69 Å². The van der Waals surface area contributed by atoms with Crippen molar-refractivity contribution >= 4 is 0 Å². The Kier molecular flexibility index (Phi) is 3.30. The third kappa shape index (κ3) is 1.97. The zero-order valence-electron chi connectivity index (χ0n) is 8.99. The summed E-state index contributed by atoms with van der Waals surface area (Å²) >= 11 is 0. The Morgan fingerprint density at radius 1 is 1.39 bits per heavy atom. The SMILES string of the molecule is O=c1cc(F)n(C2OC(CO)C(O)C2O)c(=O)[nH]1. The molecule has 4 atom stereocenters. The molecule has 0 bridgehead atoms. The van der Waals surface area contributed by atoms with Crippen molar-refractivity contribution in [1.29, 1.82) is 0 Å². The average Bonchev–Trinajstić information content (AvgIpc) is 2.56. The molecular formula is C9H11FN2O6. The zero-order valence-corrected chi connectivity index (χ0v) is 8.99. The number of aromatic amines is 1. The monoisotopic (exact) mass is 262 g/mol. The number of ether oxygens (including phenoxy) is 1. The summed E-state index contributed by atoms with van der Waals surface area (Å²) in [5.74, 6) is -1.21. The van der Waals surface area contributed by atoms with Crippen molar-refractivity contribution in [3.63, 3.8) is 0 Å². The van der Waals surface area contributed by atoms with E-state index in [0.717, 1.165) is 0 Å². The van der Waals surface area contributed by atoms with Crippen LogP contribution in [0.25, 0.3) is 0 Å². The average molecular weight is 262 g/mol. The number of H-pyrrole nitrogens is 1. The van der Waals surface area contributed by atoms with Gasteiger partial charge < -0.3 is 20.1 Å². The van der Waals surface area contributed by atoms with Gasteiger partial charge in [0.1, 0.15) is 18.3 Å². The second kappa shape index (κ2) is 4.61. The van der Waals surface area contributed by atoms with Crippen LogP contribution in [0.5, 0.6) is 0 Å². The second-order valence-corrected chi connectivity index (χ2v) is 3.86. The van der Waals surface area contributed by atoms with Gasteiger partial charge in [0.15, 0.2) is 6.23 Å². The lowest BCUT2D eigenvalue weighted by atomic mass is 10.1. The molecule has 1 aromatic rings. The summed E-state index contributed by atoms with van der Waals surface area (Å²) in [5, 5.41) is 28.0. The molecule has 1 aliphatic rings. The van der Waals surface area contributed by atoms with Crippen molar-refractivity contribution in [2.75, 3.05) is 6.61 Å². The smallest absolute Gasteiger partial charge is 0.332 e. The van der Waals surface area contributed by atoms with Gasteiger partial charge in [-0.05, 0) is 0 Å². The van der Waals surface area contributed by atoms with E-state index >= 15 is 0 Å². The van der Waals surface area contributed by atoms with Crippen LogP contribution in [0.2, 0.25) is 0 Å². The normalized spacial score (nSPS) is 31.8. The molecule has 2 heterocycles. The molecule has 1 aliphatic heterocycles. The predicted molar refractivity (Wildman–Crippen MR) is 54.3 cm³/mol. The molecule has 18 heavy (non-hydrogen) atoms. The van der Waals surface area contributed by atoms with Gasteiger partial charge in [0, 0.05) is 0 Å². The number of aromatic nitrogens is 2. The fourth-order valence-electron chi connectivity index (χ4n) is 1.81. The minimum Gasteiger partial charge on any atom is -0.394 e. The molecule has 9 heteroatoms. The van der Waals surface area contributed by atoms with Crippen LogP contribution in [0.3, 0.4) is 0 Å². The highest BCUT2D eigenvalue weighted by Gasteiger charge is 2.44. The molecular weight excluding hydrogens is 251 g/mol. The number of halogens is 1. The summed E-state index contributed by atoms with van der Waals surface area (Å²) < 4.78 is 18.8. The predicted octanol–water partition coefficient (Wildman–Crippen LogP) is -2.71. The second-order valence-electron chi connectivity index (χ2n) is 3.86. The van der Waals surface area contributed by atoms with Crippen LogP contribution in [0.4, 0.5) is 4.39 Å². The molecule has 1 saturated heterocycles. The van der Waals surface area contributed by atoms with Crippen molar-refractivity contribution in [1.82, 2.24) is 9.55 Å². The third-order valence-electron chi connectivity index (χ3n) is 2.70. The maximum atomic E-state index is 13.5. The van der Waals surface area contributed by atoms with Gasteiger partial charge in [0.2, 0.25) is 5.95 Å². The molecule has 4 N–H and O–H groups in total. The number of hydrogen-bond donors (Lipinski definition) is 4. The number of rotatable bonds is 2. The van der Waals surface area contributed by atoms with Gasteiger partial charge in [0.05, 0.1) is 12.7 Å². The molecule has 0 spiro atoms. The number of nitrogens with one attached hydrogen (secondary N) is 1. The first-order valence-corrected chi connectivity index (χ1v) is 5.09. The molecule has 1 aromatic heterocycles. The first-order chi connectivity index (χ1) is 8.45. The molecule has 0 amide bonds. The van der Waals surface area contributed by atoms with Crippen molar-refractivity contribution in [3.8, 4) is 0 Å². The maximum absolute atomic E-state index is 13.5. The minimum absolute atomic E-state index is 0.366. The number of aliphatic hydroxyl groups excluding tert-OH is 3. The van der Waals surface area contributed by atoms with Gasteiger partial charge in [0.25, 0.3) is 5.56 Å². The topological polar surface area (TPSA) is 125 Å². The lowest BCUT2D eigenvalue weighted by molar-refractivity contribution is -0.0600. The van der Waals surface area contributed by atoms with Crippen molar-refractivity contribution in [2.45, 2.75) is 24.5 Å². The molecule has 8 nitrogen and oxygen atoms in total. The molecule has 0 aromatic carbocycles. The van der Waals surface area contributed by atoms with E-state index in [1.807, 2.05) is 0 Å². The van der Waals surface area contributed by atoms with E-state index in [-0.39, 0.29) is 0 Å². The van der Waals surface area contributed by atoms with Crippen LogP contribution in [-0.2, 0) is 4.74 Å². The van der Waals surface area contributed by atoms with E-state index < -0.39 is 48.3 Å².